The first-order chi connectivity index (χ1) is 17.0. The molecule has 0 saturated carbocycles. The van der Waals surface area contributed by atoms with E-state index >= 15 is 0 Å². The van der Waals surface area contributed by atoms with Gasteiger partial charge in [0.25, 0.3) is 5.91 Å². The number of hydrogen-bond donors (Lipinski definition) is 2. The minimum atomic E-state index is -1.40. The molecular formula is C27H25N3O5. The van der Waals surface area contributed by atoms with E-state index in [0.29, 0.717) is 35.8 Å². The molecule has 2 N–H and O–H groups in total. The molecule has 1 unspecified atom stereocenters. The minimum absolute atomic E-state index is 0.368. The Balaban J connectivity index is 1.35. The second-order valence-electron chi connectivity index (χ2n) is 8.50. The van der Waals surface area contributed by atoms with Gasteiger partial charge in [-0.05, 0) is 35.7 Å². The first kappa shape index (κ1) is 22.5. The van der Waals surface area contributed by atoms with Crippen LogP contribution in [0.2, 0.25) is 0 Å². The van der Waals surface area contributed by atoms with Crippen molar-refractivity contribution >= 4 is 17.8 Å². The highest BCUT2D eigenvalue weighted by Crippen LogP contribution is 2.36. The third kappa shape index (κ3) is 4.07. The van der Waals surface area contributed by atoms with Crippen molar-refractivity contribution in [1.82, 2.24) is 15.5 Å². The highest BCUT2D eigenvalue weighted by molar-refractivity contribution is 6.11. The van der Waals surface area contributed by atoms with Gasteiger partial charge in [0.2, 0.25) is 5.91 Å². The SMILES string of the molecule is CC(NC(=O)CN1C(=O)NC(c2ccccc2)(c2ccccc2)C1=O)c1ccc2c(c1)OCCO2. The average molecular weight is 472 g/mol. The van der Waals surface area contributed by atoms with Gasteiger partial charge < -0.3 is 20.1 Å². The van der Waals surface area contributed by atoms with Crippen LogP contribution in [-0.4, -0.2) is 42.5 Å². The number of urea groups is 1. The predicted molar refractivity (Wildman–Crippen MR) is 128 cm³/mol. The van der Waals surface area contributed by atoms with E-state index < -0.39 is 29.9 Å². The van der Waals surface area contributed by atoms with Crippen molar-refractivity contribution in [2.75, 3.05) is 19.8 Å². The lowest BCUT2D eigenvalue weighted by molar-refractivity contribution is -0.134. The van der Waals surface area contributed by atoms with Gasteiger partial charge in [-0.1, -0.05) is 66.7 Å². The molecule has 1 atom stereocenters. The molecule has 3 aromatic carbocycles. The summed E-state index contributed by atoms with van der Waals surface area (Å²) in [5.41, 5.74) is 0.665. The molecular weight excluding hydrogens is 446 g/mol. The van der Waals surface area contributed by atoms with Crippen LogP contribution in [0.5, 0.6) is 11.5 Å². The first-order valence-electron chi connectivity index (χ1n) is 11.4. The lowest BCUT2D eigenvalue weighted by Crippen LogP contribution is -2.46. The molecule has 3 aromatic rings. The Bertz CT molecular complexity index is 1220. The number of benzene rings is 3. The van der Waals surface area contributed by atoms with E-state index in [0.717, 1.165) is 10.5 Å². The van der Waals surface area contributed by atoms with Crippen molar-refractivity contribution in [2.24, 2.45) is 0 Å². The van der Waals surface area contributed by atoms with Crippen molar-refractivity contribution in [3.8, 4) is 11.5 Å². The summed E-state index contributed by atoms with van der Waals surface area (Å²) in [6, 6.07) is 22.6. The molecule has 0 radical (unpaired) electrons. The maximum atomic E-state index is 13.7. The summed E-state index contributed by atoms with van der Waals surface area (Å²) in [6.07, 6.45) is 0. The molecule has 2 aliphatic heterocycles. The number of amides is 4. The molecule has 178 valence electrons. The third-order valence-electron chi connectivity index (χ3n) is 6.26. The van der Waals surface area contributed by atoms with Gasteiger partial charge in [0.05, 0.1) is 6.04 Å². The molecule has 2 aliphatic rings. The van der Waals surface area contributed by atoms with Crippen LogP contribution in [0.1, 0.15) is 29.7 Å². The largest absolute Gasteiger partial charge is 0.486 e. The van der Waals surface area contributed by atoms with Gasteiger partial charge in [-0.3, -0.25) is 14.5 Å². The fraction of sp³-hybridized carbons (Fsp3) is 0.222. The fourth-order valence-electron chi connectivity index (χ4n) is 4.50. The van der Waals surface area contributed by atoms with Crippen LogP contribution in [0.25, 0.3) is 0 Å². The number of carbonyl (C=O) groups is 3. The molecule has 4 amide bonds. The zero-order valence-electron chi connectivity index (χ0n) is 19.2. The van der Waals surface area contributed by atoms with Crippen LogP contribution in [0.4, 0.5) is 4.79 Å². The summed E-state index contributed by atoms with van der Waals surface area (Å²) < 4.78 is 11.2. The Morgan fingerprint density at radius 1 is 0.943 bits per heavy atom. The Morgan fingerprint density at radius 2 is 1.54 bits per heavy atom. The Labute approximate surface area is 202 Å². The monoisotopic (exact) mass is 471 g/mol. The molecule has 5 rings (SSSR count). The molecule has 0 aromatic heterocycles. The van der Waals surface area contributed by atoms with Crippen molar-refractivity contribution in [3.05, 3.63) is 95.6 Å². The van der Waals surface area contributed by atoms with E-state index in [2.05, 4.69) is 10.6 Å². The number of imide groups is 1. The summed E-state index contributed by atoms with van der Waals surface area (Å²) in [5, 5.41) is 5.72. The number of nitrogens with zero attached hydrogens (tertiary/aromatic N) is 1. The van der Waals surface area contributed by atoms with E-state index in [1.807, 2.05) is 55.5 Å². The van der Waals surface area contributed by atoms with Gasteiger partial charge in [-0.15, -0.1) is 0 Å². The van der Waals surface area contributed by atoms with Crippen LogP contribution >= 0.6 is 0 Å². The third-order valence-corrected chi connectivity index (χ3v) is 6.26. The van der Waals surface area contributed by atoms with Crippen LogP contribution in [-0.2, 0) is 15.1 Å². The molecule has 0 bridgehead atoms. The van der Waals surface area contributed by atoms with E-state index in [1.165, 1.54) is 0 Å². The second-order valence-corrected chi connectivity index (χ2v) is 8.50. The standard InChI is InChI=1S/C27H25N3O5/c1-18(19-12-13-22-23(16-19)35-15-14-34-22)28-24(31)17-30-25(32)27(29-26(30)33,20-8-4-2-5-9-20)21-10-6-3-7-11-21/h2-13,16,18H,14-15,17H2,1H3,(H,28,31)(H,29,33). The van der Waals surface area contributed by atoms with E-state index in [4.69, 9.17) is 9.47 Å². The van der Waals surface area contributed by atoms with Crippen LogP contribution in [0, 0.1) is 0 Å². The van der Waals surface area contributed by atoms with Gasteiger partial charge >= 0.3 is 6.03 Å². The molecule has 2 heterocycles. The summed E-state index contributed by atoms with van der Waals surface area (Å²) in [7, 11) is 0. The fourth-order valence-corrected chi connectivity index (χ4v) is 4.50. The van der Waals surface area contributed by atoms with Gasteiger partial charge in [0.15, 0.2) is 17.0 Å². The van der Waals surface area contributed by atoms with Gasteiger partial charge in [0, 0.05) is 0 Å². The molecule has 35 heavy (non-hydrogen) atoms. The normalized spacial score (nSPS) is 17.0. The summed E-state index contributed by atoms with van der Waals surface area (Å²) >= 11 is 0. The Morgan fingerprint density at radius 3 is 2.17 bits per heavy atom. The molecule has 0 spiro atoms. The Hall–Kier alpha value is -4.33. The lowest BCUT2D eigenvalue weighted by atomic mass is 9.82. The quantitative estimate of drug-likeness (QED) is 0.539. The maximum absolute atomic E-state index is 13.7. The average Bonchev–Trinajstić information content (AvgIpc) is 3.15. The molecule has 8 nitrogen and oxygen atoms in total. The van der Waals surface area contributed by atoms with E-state index in [9.17, 15) is 14.4 Å². The number of ether oxygens (including phenoxy) is 2. The zero-order chi connectivity index (χ0) is 24.4. The van der Waals surface area contributed by atoms with Crippen molar-refractivity contribution < 1.29 is 23.9 Å². The number of fused-ring (bicyclic) bond motifs is 1. The van der Waals surface area contributed by atoms with Gasteiger partial charge in [-0.25, -0.2) is 4.79 Å². The van der Waals surface area contributed by atoms with Crippen LogP contribution in [0.3, 0.4) is 0 Å². The second kappa shape index (κ2) is 9.13. The van der Waals surface area contributed by atoms with Crippen molar-refractivity contribution in [2.45, 2.75) is 18.5 Å². The molecule has 1 saturated heterocycles. The number of nitrogens with one attached hydrogen (secondary N) is 2. The highest BCUT2D eigenvalue weighted by Gasteiger charge is 2.54. The van der Waals surface area contributed by atoms with Gasteiger partial charge in [-0.2, -0.15) is 0 Å². The maximum Gasteiger partial charge on any atom is 0.326 e. The molecule has 0 aliphatic carbocycles. The first-order valence-corrected chi connectivity index (χ1v) is 11.4. The summed E-state index contributed by atoms with van der Waals surface area (Å²) in [6.45, 7) is 2.39. The summed E-state index contributed by atoms with van der Waals surface area (Å²) in [4.78, 5) is 40.6. The topological polar surface area (TPSA) is 97.0 Å². The predicted octanol–water partition coefficient (Wildman–Crippen LogP) is 3.13. The molecule has 1 fully saturated rings. The lowest BCUT2D eigenvalue weighted by Gasteiger charge is -2.28. The zero-order valence-corrected chi connectivity index (χ0v) is 19.2. The number of hydrogen-bond acceptors (Lipinski definition) is 5. The minimum Gasteiger partial charge on any atom is -0.486 e. The summed E-state index contributed by atoms with van der Waals surface area (Å²) in [5.74, 6) is 0.338. The van der Waals surface area contributed by atoms with Crippen molar-refractivity contribution in [1.29, 1.82) is 0 Å². The van der Waals surface area contributed by atoms with Crippen LogP contribution < -0.4 is 20.1 Å². The number of rotatable bonds is 6. The van der Waals surface area contributed by atoms with Crippen LogP contribution in [0.15, 0.2) is 78.9 Å². The Kier molecular flexibility index (Phi) is 5.86. The van der Waals surface area contributed by atoms with E-state index in [1.54, 1.807) is 30.3 Å². The smallest absolute Gasteiger partial charge is 0.326 e. The molecule has 8 heteroatoms. The van der Waals surface area contributed by atoms with Gasteiger partial charge in [0.1, 0.15) is 19.8 Å². The number of carbonyl (C=O) groups excluding carboxylic acids is 3. The van der Waals surface area contributed by atoms with Crippen molar-refractivity contribution in [3.63, 3.8) is 0 Å². The van der Waals surface area contributed by atoms with E-state index in [-0.39, 0.29) is 6.04 Å². The highest BCUT2D eigenvalue weighted by atomic mass is 16.6.